The maximum absolute atomic E-state index is 13.5. The lowest BCUT2D eigenvalue weighted by molar-refractivity contribution is -0.166. The summed E-state index contributed by atoms with van der Waals surface area (Å²) in [5, 5.41) is 6.86. The van der Waals surface area contributed by atoms with E-state index < -0.39 is 17.7 Å². The summed E-state index contributed by atoms with van der Waals surface area (Å²) in [6, 6.07) is 20.0. The van der Waals surface area contributed by atoms with Crippen LogP contribution in [0.1, 0.15) is 50.5 Å². The number of hydrogen-bond donors (Lipinski definition) is 0. The van der Waals surface area contributed by atoms with Crippen LogP contribution in [-0.4, -0.2) is 37.9 Å². The van der Waals surface area contributed by atoms with E-state index in [2.05, 4.69) is 36.3 Å². The second kappa shape index (κ2) is 12.0. The molecule has 0 fully saturated rings. The van der Waals surface area contributed by atoms with Gasteiger partial charge in [0.2, 0.25) is 0 Å². The molecule has 1 atom stereocenters. The minimum atomic E-state index is -0.933. The third-order valence-corrected chi connectivity index (χ3v) is 8.99. The molecule has 0 spiro atoms. The van der Waals surface area contributed by atoms with Crippen LogP contribution in [0.5, 0.6) is 0 Å². The third kappa shape index (κ3) is 6.10. The Morgan fingerprint density at radius 1 is 0.978 bits per heavy atom. The molecule has 0 radical (unpaired) electrons. The number of benzene rings is 3. The zero-order chi connectivity index (χ0) is 32.0. The Labute approximate surface area is 271 Å². The van der Waals surface area contributed by atoms with E-state index in [0.29, 0.717) is 5.02 Å². The molecule has 0 aliphatic rings. The summed E-state index contributed by atoms with van der Waals surface area (Å²) in [7, 11) is 1.94. The number of carbonyl (C=O) groups excluding carboxylic acids is 1. The quantitative estimate of drug-likeness (QED) is 0.162. The van der Waals surface area contributed by atoms with Crippen molar-refractivity contribution in [1.29, 1.82) is 0 Å². The SMILES string of the molecule is CCOC(=O)C(OC(C)(C)C)c1c(C)cc2nc(-c3ccc(C)c(-c4ccc5c(cnn5C)c4)n3)sc2c1-c1ccc(Cl)cc1. The summed E-state index contributed by atoms with van der Waals surface area (Å²) < 4.78 is 14.8. The Morgan fingerprint density at radius 2 is 1.71 bits per heavy atom. The van der Waals surface area contributed by atoms with Gasteiger partial charge in [0.25, 0.3) is 0 Å². The number of nitrogens with zero attached hydrogens (tertiary/aromatic N) is 4. The Kier molecular flexibility index (Phi) is 8.24. The van der Waals surface area contributed by atoms with Crippen molar-refractivity contribution in [3.05, 3.63) is 88.6 Å². The molecule has 7 nitrogen and oxygen atoms in total. The number of hydrogen-bond acceptors (Lipinski definition) is 7. The predicted octanol–water partition coefficient (Wildman–Crippen LogP) is 9.27. The molecule has 0 saturated carbocycles. The lowest BCUT2D eigenvalue weighted by Gasteiger charge is -2.29. The molecule has 0 aliphatic heterocycles. The van der Waals surface area contributed by atoms with E-state index >= 15 is 0 Å². The van der Waals surface area contributed by atoms with Crippen LogP contribution in [0.2, 0.25) is 5.02 Å². The molecule has 0 amide bonds. The van der Waals surface area contributed by atoms with Crippen molar-refractivity contribution < 1.29 is 14.3 Å². The van der Waals surface area contributed by atoms with Gasteiger partial charge in [0, 0.05) is 34.1 Å². The highest BCUT2D eigenvalue weighted by Gasteiger charge is 2.33. The van der Waals surface area contributed by atoms with E-state index in [0.717, 1.165) is 70.9 Å². The van der Waals surface area contributed by atoms with Crippen molar-refractivity contribution in [2.75, 3.05) is 6.61 Å². The van der Waals surface area contributed by atoms with Gasteiger partial charge in [0.1, 0.15) is 5.01 Å². The van der Waals surface area contributed by atoms with Crippen LogP contribution in [0.25, 0.3) is 54.2 Å². The number of pyridine rings is 1. The Hall–Kier alpha value is -4.11. The second-order valence-corrected chi connectivity index (χ2v) is 13.6. The second-order valence-electron chi connectivity index (χ2n) is 12.1. The van der Waals surface area contributed by atoms with Gasteiger partial charge < -0.3 is 9.47 Å². The normalized spacial score (nSPS) is 12.6. The first kappa shape index (κ1) is 30.9. The first-order valence-electron chi connectivity index (χ1n) is 14.9. The molecule has 9 heteroatoms. The van der Waals surface area contributed by atoms with E-state index in [1.807, 2.05) is 82.0 Å². The van der Waals surface area contributed by atoms with Crippen molar-refractivity contribution in [3.8, 4) is 33.1 Å². The van der Waals surface area contributed by atoms with Crippen LogP contribution >= 0.6 is 22.9 Å². The monoisotopic (exact) mass is 638 g/mol. The van der Waals surface area contributed by atoms with Crippen LogP contribution in [0, 0.1) is 13.8 Å². The van der Waals surface area contributed by atoms with Gasteiger partial charge in [-0.25, -0.2) is 14.8 Å². The van der Waals surface area contributed by atoms with Gasteiger partial charge in [-0.2, -0.15) is 5.10 Å². The third-order valence-electron chi connectivity index (χ3n) is 7.63. The highest BCUT2D eigenvalue weighted by Crippen LogP contribution is 2.44. The molecule has 0 bridgehead atoms. The van der Waals surface area contributed by atoms with Crippen LogP contribution in [0.15, 0.2) is 66.9 Å². The predicted molar refractivity (Wildman–Crippen MR) is 183 cm³/mol. The minimum Gasteiger partial charge on any atom is -0.464 e. The van der Waals surface area contributed by atoms with E-state index in [1.54, 1.807) is 18.3 Å². The zero-order valence-electron chi connectivity index (χ0n) is 26.4. The molecule has 45 heavy (non-hydrogen) atoms. The summed E-state index contributed by atoms with van der Waals surface area (Å²) in [5.74, 6) is -0.426. The summed E-state index contributed by atoms with van der Waals surface area (Å²) in [5.41, 5.74) is 8.48. The highest BCUT2D eigenvalue weighted by molar-refractivity contribution is 7.22. The fraction of sp³-hybridized carbons (Fsp3) is 0.278. The number of rotatable bonds is 7. The molecular formula is C36H35ClN4O3S. The van der Waals surface area contributed by atoms with E-state index in [-0.39, 0.29) is 6.61 Å². The fourth-order valence-corrected chi connectivity index (χ4v) is 6.83. The number of ether oxygens (including phenoxy) is 2. The number of esters is 1. The van der Waals surface area contributed by atoms with Crippen LogP contribution in [0.4, 0.5) is 0 Å². The Bertz CT molecular complexity index is 2060. The maximum atomic E-state index is 13.5. The number of aromatic nitrogens is 4. The average Bonchev–Trinajstić information content (AvgIpc) is 3.58. The fourth-order valence-electron chi connectivity index (χ4n) is 5.61. The van der Waals surface area contributed by atoms with Crippen molar-refractivity contribution in [2.45, 2.75) is 53.2 Å². The average molecular weight is 639 g/mol. The van der Waals surface area contributed by atoms with Gasteiger partial charge in [-0.15, -0.1) is 11.3 Å². The number of carbonyl (C=O) groups is 1. The lowest BCUT2D eigenvalue weighted by Crippen LogP contribution is -2.29. The maximum Gasteiger partial charge on any atom is 0.339 e. The van der Waals surface area contributed by atoms with Gasteiger partial charge >= 0.3 is 5.97 Å². The van der Waals surface area contributed by atoms with Gasteiger partial charge in [0.05, 0.1) is 45.5 Å². The first-order valence-corrected chi connectivity index (χ1v) is 16.1. The zero-order valence-corrected chi connectivity index (χ0v) is 28.0. The molecule has 6 aromatic rings. The van der Waals surface area contributed by atoms with Gasteiger partial charge in [-0.3, -0.25) is 4.68 Å². The molecule has 3 aromatic heterocycles. The van der Waals surface area contributed by atoms with E-state index in [9.17, 15) is 4.79 Å². The molecule has 6 rings (SSSR count). The van der Waals surface area contributed by atoms with Crippen molar-refractivity contribution in [2.24, 2.45) is 7.05 Å². The molecule has 0 N–H and O–H groups in total. The number of fused-ring (bicyclic) bond motifs is 2. The molecule has 3 heterocycles. The van der Waals surface area contributed by atoms with Crippen LogP contribution in [-0.2, 0) is 21.3 Å². The van der Waals surface area contributed by atoms with Crippen molar-refractivity contribution in [3.63, 3.8) is 0 Å². The number of thiazole rings is 1. The Morgan fingerprint density at radius 3 is 2.42 bits per heavy atom. The highest BCUT2D eigenvalue weighted by atomic mass is 35.5. The van der Waals surface area contributed by atoms with Gasteiger partial charge in [-0.05, 0) is 94.6 Å². The first-order chi connectivity index (χ1) is 21.4. The lowest BCUT2D eigenvalue weighted by atomic mass is 9.91. The van der Waals surface area contributed by atoms with Gasteiger partial charge in [0.15, 0.2) is 6.10 Å². The number of aryl methyl sites for hydroxylation is 3. The molecular weight excluding hydrogens is 604 g/mol. The summed E-state index contributed by atoms with van der Waals surface area (Å²) in [6.07, 6.45) is 0.938. The Balaban J connectivity index is 1.55. The standard InChI is InChI=1S/C36H35ClN4O3S/c1-8-43-35(42)32(44-36(4,5)6)29-21(3)17-27-33(30(29)22-10-13-25(37)14-11-22)45-34(40-27)26-15-9-20(2)31(39-26)23-12-16-28-24(18-23)19-38-41(28)7/h9-19,32H,8H2,1-7H3. The molecule has 1 unspecified atom stereocenters. The van der Waals surface area contributed by atoms with Crippen molar-refractivity contribution in [1.82, 2.24) is 19.7 Å². The molecule has 230 valence electrons. The van der Waals surface area contributed by atoms with Gasteiger partial charge in [-0.1, -0.05) is 35.9 Å². The smallest absolute Gasteiger partial charge is 0.339 e. The van der Waals surface area contributed by atoms with E-state index in [1.165, 1.54) is 0 Å². The van der Waals surface area contributed by atoms with E-state index in [4.69, 9.17) is 31.0 Å². The summed E-state index contributed by atoms with van der Waals surface area (Å²) in [6.45, 7) is 11.9. The summed E-state index contributed by atoms with van der Waals surface area (Å²) >= 11 is 7.85. The number of halogens is 1. The molecule has 0 saturated heterocycles. The molecule has 3 aromatic carbocycles. The van der Waals surface area contributed by atoms with Crippen LogP contribution in [0.3, 0.4) is 0 Å². The van der Waals surface area contributed by atoms with Crippen molar-refractivity contribution >= 4 is 50.0 Å². The van der Waals surface area contributed by atoms with Crippen LogP contribution < -0.4 is 0 Å². The minimum absolute atomic E-state index is 0.250. The topological polar surface area (TPSA) is 79.1 Å². The molecule has 0 aliphatic carbocycles. The largest absolute Gasteiger partial charge is 0.464 e. The summed E-state index contributed by atoms with van der Waals surface area (Å²) in [4.78, 5) is 23.7.